The van der Waals surface area contributed by atoms with Gasteiger partial charge in [0.25, 0.3) is 0 Å². The number of piperidine rings is 1. The molecule has 0 bridgehead atoms. The summed E-state index contributed by atoms with van der Waals surface area (Å²) in [5.74, 6) is 0.774. The summed E-state index contributed by atoms with van der Waals surface area (Å²) in [5, 5.41) is 20.0. The molecule has 1 aromatic heterocycles. The van der Waals surface area contributed by atoms with E-state index in [2.05, 4.69) is 22.1 Å². The standard InChI is InChI=1S/C17H20N4O/c1-20-9-7-14(8-10-20)17(22)15-5-3-2-4-13(15)6-11-21-12-18-19-16(17)21/h2-6,11-12,14,22H,7-10H2,1H3. The molecule has 2 aliphatic heterocycles. The Morgan fingerprint density at radius 2 is 2.00 bits per heavy atom. The van der Waals surface area contributed by atoms with Gasteiger partial charge in [0.2, 0.25) is 0 Å². The smallest absolute Gasteiger partial charge is 0.173 e. The van der Waals surface area contributed by atoms with Crippen LogP contribution < -0.4 is 0 Å². The third-order valence-corrected chi connectivity index (χ3v) is 5.01. The zero-order valence-electron chi connectivity index (χ0n) is 12.7. The van der Waals surface area contributed by atoms with Gasteiger partial charge in [-0.3, -0.25) is 4.57 Å². The van der Waals surface area contributed by atoms with E-state index in [0.29, 0.717) is 5.82 Å². The SMILES string of the molecule is CN1CCC(C2(O)c3ccccc3C=Cn3cnnc32)CC1. The van der Waals surface area contributed by atoms with Crippen LogP contribution in [-0.4, -0.2) is 44.9 Å². The van der Waals surface area contributed by atoms with Gasteiger partial charge in [-0.2, -0.15) is 0 Å². The molecule has 0 spiro atoms. The highest BCUT2D eigenvalue weighted by atomic mass is 16.3. The molecule has 4 rings (SSSR count). The molecular weight excluding hydrogens is 276 g/mol. The van der Waals surface area contributed by atoms with Gasteiger partial charge in [0.05, 0.1) is 0 Å². The number of benzene rings is 1. The van der Waals surface area contributed by atoms with E-state index >= 15 is 0 Å². The Morgan fingerprint density at radius 3 is 2.82 bits per heavy atom. The normalized spacial score (nSPS) is 25.5. The minimum atomic E-state index is -1.09. The highest BCUT2D eigenvalue weighted by Crippen LogP contribution is 2.43. The molecule has 114 valence electrons. The Kier molecular flexibility index (Phi) is 3.13. The summed E-state index contributed by atoms with van der Waals surface area (Å²) in [5.41, 5.74) is 0.902. The molecule has 1 N–H and O–H groups in total. The van der Waals surface area contributed by atoms with Gasteiger partial charge < -0.3 is 10.0 Å². The molecule has 1 fully saturated rings. The quantitative estimate of drug-likeness (QED) is 0.872. The number of aromatic nitrogens is 3. The largest absolute Gasteiger partial charge is 0.377 e. The summed E-state index contributed by atoms with van der Waals surface area (Å²) in [6, 6.07) is 8.05. The second-order valence-corrected chi connectivity index (χ2v) is 6.31. The summed E-state index contributed by atoms with van der Waals surface area (Å²) in [6.45, 7) is 1.99. The van der Waals surface area contributed by atoms with Gasteiger partial charge >= 0.3 is 0 Å². The van der Waals surface area contributed by atoms with Crippen molar-refractivity contribution in [2.24, 2.45) is 5.92 Å². The minimum absolute atomic E-state index is 0.146. The summed E-state index contributed by atoms with van der Waals surface area (Å²) >= 11 is 0. The lowest BCUT2D eigenvalue weighted by Gasteiger charge is -2.40. The lowest BCUT2D eigenvalue weighted by atomic mass is 9.74. The van der Waals surface area contributed by atoms with Gasteiger partial charge in [-0.15, -0.1) is 10.2 Å². The number of fused-ring (bicyclic) bond motifs is 2. The summed E-state index contributed by atoms with van der Waals surface area (Å²) in [6.07, 6.45) is 7.52. The number of hydrogen-bond donors (Lipinski definition) is 1. The maximum Gasteiger partial charge on any atom is 0.173 e. The van der Waals surface area contributed by atoms with Crippen LogP contribution in [0.2, 0.25) is 0 Å². The fraction of sp³-hybridized carbons (Fsp3) is 0.412. The second kappa shape index (κ2) is 5.04. The predicted molar refractivity (Wildman–Crippen MR) is 84.9 cm³/mol. The third-order valence-electron chi connectivity index (χ3n) is 5.01. The van der Waals surface area contributed by atoms with E-state index < -0.39 is 5.60 Å². The molecule has 5 nitrogen and oxygen atoms in total. The number of hydrogen-bond acceptors (Lipinski definition) is 4. The summed E-state index contributed by atoms with van der Waals surface area (Å²) < 4.78 is 1.85. The predicted octanol–water partition coefficient (Wildman–Crippen LogP) is 1.80. The van der Waals surface area contributed by atoms with Crippen LogP contribution in [0.15, 0.2) is 30.6 Å². The zero-order chi connectivity index (χ0) is 15.2. The number of likely N-dealkylation sites (tertiary alicyclic amines) is 1. The van der Waals surface area contributed by atoms with E-state index in [1.807, 2.05) is 41.1 Å². The van der Waals surface area contributed by atoms with Crippen LogP contribution in [0.5, 0.6) is 0 Å². The Hall–Kier alpha value is -1.98. The van der Waals surface area contributed by atoms with Crippen LogP contribution in [0.4, 0.5) is 0 Å². The summed E-state index contributed by atoms with van der Waals surface area (Å²) in [4.78, 5) is 2.31. The van der Waals surface area contributed by atoms with E-state index in [-0.39, 0.29) is 5.92 Å². The Morgan fingerprint density at radius 1 is 1.23 bits per heavy atom. The number of rotatable bonds is 1. The summed E-state index contributed by atoms with van der Waals surface area (Å²) in [7, 11) is 2.13. The molecular formula is C17H20N4O. The molecule has 0 saturated carbocycles. The van der Waals surface area contributed by atoms with Gasteiger partial charge in [-0.05, 0) is 50.2 Å². The fourth-order valence-corrected chi connectivity index (χ4v) is 3.72. The molecule has 2 aromatic rings. The lowest BCUT2D eigenvalue weighted by Crippen LogP contribution is -2.44. The van der Waals surface area contributed by atoms with Gasteiger partial charge in [-0.25, -0.2) is 0 Å². The molecule has 2 aliphatic rings. The molecule has 1 saturated heterocycles. The molecule has 3 heterocycles. The van der Waals surface area contributed by atoms with Crippen molar-refractivity contribution in [3.05, 3.63) is 47.5 Å². The van der Waals surface area contributed by atoms with Crippen molar-refractivity contribution in [2.75, 3.05) is 20.1 Å². The van der Waals surface area contributed by atoms with Crippen LogP contribution in [0.1, 0.15) is 29.8 Å². The molecule has 5 heteroatoms. The first-order valence-electron chi connectivity index (χ1n) is 7.78. The van der Waals surface area contributed by atoms with Gasteiger partial charge in [0, 0.05) is 12.1 Å². The monoisotopic (exact) mass is 296 g/mol. The van der Waals surface area contributed by atoms with Crippen molar-refractivity contribution in [3.8, 4) is 0 Å². The average Bonchev–Trinajstić information content (AvgIpc) is 2.98. The second-order valence-electron chi connectivity index (χ2n) is 6.31. The van der Waals surface area contributed by atoms with Gasteiger partial charge in [0.15, 0.2) is 11.4 Å². The highest BCUT2D eigenvalue weighted by molar-refractivity contribution is 5.67. The van der Waals surface area contributed by atoms with E-state index in [1.54, 1.807) is 6.33 Å². The Balaban J connectivity index is 1.89. The Bertz CT molecular complexity index is 715. The molecule has 0 aliphatic carbocycles. The van der Waals surface area contributed by atoms with Crippen LogP contribution in [-0.2, 0) is 5.60 Å². The van der Waals surface area contributed by atoms with Crippen molar-refractivity contribution in [1.29, 1.82) is 0 Å². The maximum atomic E-state index is 11.8. The number of aliphatic hydroxyl groups is 1. The van der Waals surface area contributed by atoms with Gasteiger partial charge in [-0.1, -0.05) is 24.3 Å². The van der Waals surface area contributed by atoms with Crippen LogP contribution >= 0.6 is 0 Å². The average molecular weight is 296 g/mol. The van der Waals surface area contributed by atoms with Gasteiger partial charge in [0.1, 0.15) is 6.33 Å². The van der Waals surface area contributed by atoms with Crippen LogP contribution in [0.25, 0.3) is 12.3 Å². The topological polar surface area (TPSA) is 54.2 Å². The lowest BCUT2D eigenvalue weighted by molar-refractivity contribution is -0.0189. The first-order valence-corrected chi connectivity index (χ1v) is 7.78. The van der Waals surface area contributed by atoms with Crippen molar-refractivity contribution in [2.45, 2.75) is 18.4 Å². The maximum absolute atomic E-state index is 11.8. The molecule has 1 atom stereocenters. The number of nitrogens with zero attached hydrogens (tertiary/aromatic N) is 4. The van der Waals surface area contributed by atoms with Crippen LogP contribution in [0.3, 0.4) is 0 Å². The first-order chi connectivity index (χ1) is 10.7. The van der Waals surface area contributed by atoms with Crippen molar-refractivity contribution >= 4 is 12.3 Å². The van der Waals surface area contributed by atoms with Crippen LogP contribution in [0, 0.1) is 5.92 Å². The van der Waals surface area contributed by atoms with Crippen molar-refractivity contribution < 1.29 is 5.11 Å². The molecule has 0 amide bonds. The van der Waals surface area contributed by atoms with E-state index in [1.165, 1.54) is 0 Å². The highest BCUT2D eigenvalue weighted by Gasteiger charge is 2.46. The minimum Gasteiger partial charge on any atom is -0.377 e. The Labute approximate surface area is 129 Å². The third kappa shape index (κ3) is 1.93. The molecule has 0 radical (unpaired) electrons. The fourth-order valence-electron chi connectivity index (χ4n) is 3.72. The molecule has 1 unspecified atom stereocenters. The molecule has 1 aromatic carbocycles. The van der Waals surface area contributed by atoms with E-state index in [9.17, 15) is 5.11 Å². The van der Waals surface area contributed by atoms with E-state index in [4.69, 9.17) is 0 Å². The zero-order valence-corrected chi connectivity index (χ0v) is 12.7. The van der Waals surface area contributed by atoms with E-state index in [0.717, 1.165) is 37.1 Å². The van der Waals surface area contributed by atoms with Crippen molar-refractivity contribution in [3.63, 3.8) is 0 Å². The first kappa shape index (κ1) is 13.7. The van der Waals surface area contributed by atoms with Crippen molar-refractivity contribution in [1.82, 2.24) is 19.7 Å². The molecule has 22 heavy (non-hydrogen) atoms.